The van der Waals surface area contributed by atoms with E-state index < -0.39 is 0 Å². The van der Waals surface area contributed by atoms with Crippen LogP contribution in [0, 0.1) is 26.7 Å². The average molecular weight is 327 g/mol. The summed E-state index contributed by atoms with van der Waals surface area (Å²) < 4.78 is 5.74. The lowest BCUT2D eigenvalue weighted by atomic mass is 10.0. The summed E-state index contributed by atoms with van der Waals surface area (Å²) in [4.78, 5) is 0. The number of hydrogen-bond donors (Lipinski definition) is 0. The average Bonchev–Trinajstić information content (AvgIpc) is 2.47. The van der Waals surface area contributed by atoms with Crippen LogP contribution in [0.3, 0.4) is 0 Å². The number of benzene rings is 2. The summed E-state index contributed by atoms with van der Waals surface area (Å²) in [5.41, 5.74) is 4.16. The third-order valence-corrected chi connectivity index (χ3v) is 4.84. The van der Waals surface area contributed by atoms with E-state index >= 15 is 0 Å². The molecular formula is C20H24O2P-. The first-order valence-electron chi connectivity index (χ1n) is 7.94. The summed E-state index contributed by atoms with van der Waals surface area (Å²) in [6.07, 6.45) is 0. The molecule has 0 heterocycles. The van der Waals surface area contributed by atoms with Gasteiger partial charge in [0.25, 0.3) is 0 Å². The summed E-state index contributed by atoms with van der Waals surface area (Å²) in [5, 5.41) is 13.7. The van der Waals surface area contributed by atoms with E-state index in [9.17, 15) is 5.11 Å². The van der Waals surface area contributed by atoms with Crippen LogP contribution in [0.4, 0.5) is 0 Å². The van der Waals surface area contributed by atoms with Gasteiger partial charge in [-0.15, -0.1) is 5.48 Å². The van der Waals surface area contributed by atoms with E-state index in [2.05, 4.69) is 13.8 Å². The van der Waals surface area contributed by atoms with Gasteiger partial charge in [-0.25, -0.2) is 0 Å². The van der Waals surface area contributed by atoms with Crippen LogP contribution in [0.15, 0.2) is 36.4 Å². The molecule has 0 atom stereocenters. The zero-order valence-electron chi connectivity index (χ0n) is 14.5. The Morgan fingerprint density at radius 1 is 1.04 bits per heavy atom. The van der Waals surface area contributed by atoms with Crippen molar-refractivity contribution in [2.45, 2.75) is 34.6 Å². The third kappa shape index (κ3) is 4.67. The van der Waals surface area contributed by atoms with Crippen molar-refractivity contribution in [3.63, 3.8) is 0 Å². The molecule has 0 fully saturated rings. The van der Waals surface area contributed by atoms with Gasteiger partial charge in [0.2, 0.25) is 0 Å². The first-order valence-corrected chi connectivity index (χ1v) is 8.83. The Bertz CT molecular complexity index is 697. The first-order chi connectivity index (χ1) is 10.9. The minimum Gasteiger partial charge on any atom is -0.823 e. The van der Waals surface area contributed by atoms with E-state index in [1.165, 1.54) is 0 Å². The number of aryl methyl sites for hydroxylation is 3. The largest absolute Gasteiger partial charge is 0.823 e. The topological polar surface area (TPSA) is 32.3 Å². The quantitative estimate of drug-likeness (QED) is 0.783. The molecule has 0 aliphatic carbocycles. The summed E-state index contributed by atoms with van der Waals surface area (Å²) in [6.45, 7) is 11.0. The highest BCUT2D eigenvalue weighted by Crippen LogP contribution is 2.19. The lowest BCUT2D eigenvalue weighted by Crippen LogP contribution is -2.20. The van der Waals surface area contributed by atoms with E-state index in [0.717, 1.165) is 41.5 Å². The van der Waals surface area contributed by atoms with Gasteiger partial charge in [-0.1, -0.05) is 40.3 Å². The third-order valence-electron chi connectivity index (χ3n) is 3.67. The van der Waals surface area contributed by atoms with Crippen molar-refractivity contribution in [1.82, 2.24) is 0 Å². The zero-order valence-corrected chi connectivity index (χ0v) is 15.4. The van der Waals surface area contributed by atoms with E-state index in [4.69, 9.17) is 4.74 Å². The molecule has 3 heteroatoms. The maximum Gasteiger partial charge on any atom is 0.119 e. The SMILES string of the molecule is Cc1cc(OCC(C)C)ccc1P=C([O-])c1c(C)cccc1C. The fourth-order valence-electron chi connectivity index (χ4n) is 2.42. The number of hydrogen-bond acceptors (Lipinski definition) is 2. The van der Waals surface area contributed by atoms with Crippen molar-refractivity contribution in [1.29, 1.82) is 0 Å². The van der Waals surface area contributed by atoms with Crippen LogP contribution in [0.1, 0.15) is 36.1 Å². The molecule has 0 unspecified atom stereocenters. The van der Waals surface area contributed by atoms with Gasteiger partial charge in [-0.2, -0.15) is 0 Å². The van der Waals surface area contributed by atoms with Crippen LogP contribution in [0.2, 0.25) is 0 Å². The Morgan fingerprint density at radius 3 is 2.26 bits per heavy atom. The van der Waals surface area contributed by atoms with Gasteiger partial charge >= 0.3 is 0 Å². The second-order valence-corrected chi connectivity index (χ2v) is 7.45. The maximum atomic E-state index is 12.7. The Balaban J connectivity index is 2.28. The lowest BCUT2D eigenvalue weighted by Gasteiger charge is -2.18. The van der Waals surface area contributed by atoms with Crippen LogP contribution >= 0.6 is 8.20 Å². The molecule has 23 heavy (non-hydrogen) atoms. The van der Waals surface area contributed by atoms with E-state index in [1.54, 1.807) is 0 Å². The summed E-state index contributed by atoms with van der Waals surface area (Å²) in [6, 6.07) is 11.9. The van der Waals surface area contributed by atoms with Crippen molar-refractivity contribution in [2.75, 3.05) is 6.61 Å². The van der Waals surface area contributed by atoms with Crippen LogP contribution in [-0.4, -0.2) is 12.1 Å². The summed E-state index contributed by atoms with van der Waals surface area (Å²) >= 11 is 0. The summed E-state index contributed by atoms with van der Waals surface area (Å²) in [7, 11) is 0.718. The molecule has 0 aromatic heterocycles. The van der Waals surface area contributed by atoms with Crippen LogP contribution in [0.5, 0.6) is 5.75 Å². The predicted octanol–water partition coefficient (Wildman–Crippen LogP) is 3.76. The molecule has 122 valence electrons. The molecule has 0 aliphatic heterocycles. The predicted molar refractivity (Wildman–Crippen MR) is 98.1 cm³/mol. The molecule has 0 radical (unpaired) electrons. The maximum absolute atomic E-state index is 12.7. The van der Waals surface area contributed by atoms with Crippen LogP contribution in [0.25, 0.3) is 0 Å². The van der Waals surface area contributed by atoms with Crippen LogP contribution < -0.4 is 15.1 Å². The molecule has 0 saturated heterocycles. The normalized spacial score (nSPS) is 11.9. The highest BCUT2D eigenvalue weighted by Gasteiger charge is 2.04. The van der Waals surface area contributed by atoms with Gasteiger partial charge in [0.1, 0.15) is 5.75 Å². The second kappa shape index (κ2) is 7.77. The van der Waals surface area contributed by atoms with Gasteiger partial charge in [-0.3, -0.25) is 0 Å². The van der Waals surface area contributed by atoms with Gasteiger partial charge in [0.05, 0.1) is 6.61 Å². The minimum absolute atomic E-state index is 0.152. The van der Waals surface area contributed by atoms with Crippen molar-refractivity contribution < 1.29 is 9.84 Å². The van der Waals surface area contributed by atoms with Gasteiger partial charge < -0.3 is 9.84 Å². The monoisotopic (exact) mass is 327 g/mol. The second-order valence-electron chi connectivity index (χ2n) is 6.34. The number of ether oxygens (including phenoxy) is 1. The molecule has 2 rings (SSSR count). The van der Waals surface area contributed by atoms with E-state index in [1.807, 2.05) is 57.2 Å². The minimum atomic E-state index is 0.152. The molecule has 0 bridgehead atoms. The fraction of sp³-hybridized carbons (Fsp3) is 0.350. The summed E-state index contributed by atoms with van der Waals surface area (Å²) in [5.74, 6) is 1.37. The smallest absolute Gasteiger partial charge is 0.119 e. The molecule has 2 nitrogen and oxygen atoms in total. The molecule has 2 aromatic rings. The molecular weight excluding hydrogens is 303 g/mol. The zero-order chi connectivity index (χ0) is 17.0. The Morgan fingerprint density at radius 2 is 1.70 bits per heavy atom. The molecule has 0 aliphatic rings. The molecule has 0 N–H and O–H groups in total. The van der Waals surface area contributed by atoms with Gasteiger partial charge in [0.15, 0.2) is 0 Å². The highest BCUT2D eigenvalue weighted by molar-refractivity contribution is 7.49. The molecule has 0 saturated carbocycles. The van der Waals surface area contributed by atoms with Crippen molar-refractivity contribution >= 4 is 19.0 Å². The first kappa shape index (κ1) is 17.7. The number of rotatable bonds is 5. The van der Waals surface area contributed by atoms with E-state index in [-0.39, 0.29) is 5.48 Å². The molecule has 0 amide bonds. The van der Waals surface area contributed by atoms with Crippen molar-refractivity contribution in [3.8, 4) is 5.75 Å². The molecule has 2 aromatic carbocycles. The van der Waals surface area contributed by atoms with Crippen molar-refractivity contribution in [2.24, 2.45) is 5.92 Å². The van der Waals surface area contributed by atoms with Crippen LogP contribution in [-0.2, 0) is 0 Å². The Labute approximate surface area is 140 Å². The Kier molecular flexibility index (Phi) is 5.98. The fourth-order valence-corrected chi connectivity index (χ4v) is 3.50. The van der Waals surface area contributed by atoms with E-state index in [0.29, 0.717) is 12.5 Å². The standard InChI is InChI=1S/C20H25O2P/c1-13(2)12-22-17-9-10-18(16(5)11-17)23-20(21)19-14(3)7-6-8-15(19)4/h6-11,13,21H,12H2,1-5H3/p-1. The highest BCUT2D eigenvalue weighted by atomic mass is 31.1. The van der Waals surface area contributed by atoms with Gasteiger partial charge in [0, 0.05) is 5.30 Å². The Hall–Kier alpha value is -1.63. The lowest BCUT2D eigenvalue weighted by molar-refractivity contribution is -0.207. The van der Waals surface area contributed by atoms with Crippen molar-refractivity contribution in [3.05, 3.63) is 58.7 Å². The van der Waals surface area contributed by atoms with Gasteiger partial charge in [-0.05, 0) is 67.1 Å². The molecule has 0 spiro atoms.